The molecule has 2 fully saturated rings. The molecule has 28 heavy (non-hydrogen) atoms. The highest BCUT2D eigenvalue weighted by Gasteiger charge is 2.30. The van der Waals surface area contributed by atoms with Crippen molar-refractivity contribution in [2.24, 2.45) is 0 Å². The minimum atomic E-state index is -0.00730. The van der Waals surface area contributed by atoms with E-state index in [9.17, 15) is 4.79 Å². The number of ether oxygens (including phenoxy) is 2. The first-order valence-corrected chi connectivity index (χ1v) is 10.0. The van der Waals surface area contributed by atoms with Gasteiger partial charge in [-0.05, 0) is 37.8 Å². The summed E-state index contributed by atoms with van der Waals surface area (Å²) in [5.41, 5.74) is 1.53. The van der Waals surface area contributed by atoms with Crippen molar-refractivity contribution >= 4 is 5.91 Å². The molecule has 0 atom stereocenters. The Morgan fingerprint density at radius 2 is 1.79 bits per heavy atom. The predicted octanol–water partition coefficient (Wildman–Crippen LogP) is 3.96. The standard InChI is InChI=1S/C22H27N3O3/c1-27-19-10-9-16(20(11-19)28-2)14-25(18-5-3-4-6-18)22(26)17-12-23-21(24-13-17)15-7-8-15/h9-13,15,18H,3-8,14H2,1-2H3. The van der Waals surface area contributed by atoms with Gasteiger partial charge in [0, 0.05) is 42.5 Å². The van der Waals surface area contributed by atoms with E-state index in [2.05, 4.69) is 9.97 Å². The van der Waals surface area contributed by atoms with Crippen LogP contribution in [0.2, 0.25) is 0 Å². The van der Waals surface area contributed by atoms with Crippen LogP contribution in [0.4, 0.5) is 0 Å². The van der Waals surface area contributed by atoms with E-state index in [0.29, 0.717) is 18.0 Å². The Balaban J connectivity index is 1.59. The molecule has 0 unspecified atom stereocenters. The molecule has 1 heterocycles. The molecule has 0 spiro atoms. The Morgan fingerprint density at radius 3 is 2.39 bits per heavy atom. The van der Waals surface area contributed by atoms with Gasteiger partial charge in [-0.2, -0.15) is 0 Å². The zero-order valence-corrected chi connectivity index (χ0v) is 16.6. The summed E-state index contributed by atoms with van der Waals surface area (Å²) in [6.45, 7) is 0.501. The first kappa shape index (κ1) is 18.7. The summed E-state index contributed by atoms with van der Waals surface area (Å²) >= 11 is 0. The van der Waals surface area contributed by atoms with E-state index < -0.39 is 0 Å². The largest absolute Gasteiger partial charge is 0.497 e. The fourth-order valence-corrected chi connectivity index (χ4v) is 3.92. The average molecular weight is 381 g/mol. The number of benzene rings is 1. The summed E-state index contributed by atoms with van der Waals surface area (Å²) in [4.78, 5) is 24.2. The second-order valence-electron chi connectivity index (χ2n) is 7.65. The van der Waals surface area contributed by atoms with Crippen LogP contribution in [-0.2, 0) is 6.54 Å². The molecular formula is C22H27N3O3. The van der Waals surface area contributed by atoms with E-state index in [1.54, 1.807) is 26.6 Å². The molecule has 0 N–H and O–H groups in total. The van der Waals surface area contributed by atoms with Gasteiger partial charge < -0.3 is 14.4 Å². The summed E-state index contributed by atoms with van der Waals surface area (Å²) in [6.07, 6.45) is 10.1. The molecule has 0 aliphatic heterocycles. The van der Waals surface area contributed by atoms with Crippen molar-refractivity contribution in [3.05, 3.63) is 47.5 Å². The van der Waals surface area contributed by atoms with Crippen molar-refractivity contribution in [2.45, 2.75) is 57.0 Å². The van der Waals surface area contributed by atoms with Crippen LogP contribution in [0.1, 0.15) is 66.2 Å². The van der Waals surface area contributed by atoms with Gasteiger partial charge in [0.1, 0.15) is 17.3 Å². The van der Waals surface area contributed by atoms with E-state index in [1.165, 1.54) is 0 Å². The number of methoxy groups -OCH3 is 2. The van der Waals surface area contributed by atoms with Crippen LogP contribution in [-0.4, -0.2) is 41.0 Å². The van der Waals surface area contributed by atoms with Gasteiger partial charge in [0.25, 0.3) is 5.91 Å². The Bertz CT molecular complexity index is 827. The smallest absolute Gasteiger partial charge is 0.257 e. The van der Waals surface area contributed by atoms with Crippen molar-refractivity contribution in [1.82, 2.24) is 14.9 Å². The lowest BCUT2D eigenvalue weighted by Gasteiger charge is -2.29. The van der Waals surface area contributed by atoms with Crippen LogP contribution in [0.3, 0.4) is 0 Å². The van der Waals surface area contributed by atoms with Gasteiger partial charge in [-0.3, -0.25) is 4.79 Å². The zero-order valence-electron chi connectivity index (χ0n) is 16.6. The number of aromatic nitrogens is 2. The van der Waals surface area contributed by atoms with Crippen molar-refractivity contribution in [2.75, 3.05) is 14.2 Å². The highest BCUT2D eigenvalue weighted by atomic mass is 16.5. The molecule has 6 heteroatoms. The van der Waals surface area contributed by atoms with Gasteiger partial charge in [-0.25, -0.2) is 9.97 Å². The lowest BCUT2D eigenvalue weighted by atomic mass is 10.1. The lowest BCUT2D eigenvalue weighted by Crippen LogP contribution is -2.38. The SMILES string of the molecule is COc1ccc(CN(C(=O)c2cnc(C3CC3)nc2)C2CCCC2)c(OC)c1. The molecular weight excluding hydrogens is 354 g/mol. The summed E-state index contributed by atoms with van der Waals surface area (Å²) in [5.74, 6) is 2.81. The molecule has 2 aliphatic carbocycles. The molecule has 0 radical (unpaired) electrons. The minimum Gasteiger partial charge on any atom is -0.497 e. The number of carbonyl (C=O) groups excluding carboxylic acids is 1. The first-order valence-electron chi connectivity index (χ1n) is 10.0. The van der Waals surface area contributed by atoms with E-state index in [4.69, 9.17) is 9.47 Å². The quantitative estimate of drug-likeness (QED) is 0.726. The number of carbonyl (C=O) groups is 1. The van der Waals surface area contributed by atoms with E-state index in [0.717, 1.165) is 61.4 Å². The maximum atomic E-state index is 13.3. The number of nitrogens with zero attached hydrogens (tertiary/aromatic N) is 3. The van der Waals surface area contributed by atoms with Crippen molar-refractivity contribution in [3.63, 3.8) is 0 Å². The first-order chi connectivity index (χ1) is 13.7. The van der Waals surface area contributed by atoms with Crippen LogP contribution < -0.4 is 9.47 Å². The molecule has 148 valence electrons. The molecule has 1 aromatic heterocycles. The highest BCUT2D eigenvalue weighted by molar-refractivity contribution is 5.93. The third-order valence-electron chi connectivity index (χ3n) is 5.72. The Morgan fingerprint density at radius 1 is 1.07 bits per heavy atom. The zero-order chi connectivity index (χ0) is 19.5. The van der Waals surface area contributed by atoms with Crippen LogP contribution >= 0.6 is 0 Å². The fourth-order valence-electron chi connectivity index (χ4n) is 3.92. The Hall–Kier alpha value is -2.63. The topological polar surface area (TPSA) is 64.5 Å². The second kappa shape index (κ2) is 8.17. The molecule has 2 saturated carbocycles. The van der Waals surface area contributed by atoms with Crippen LogP contribution in [0.25, 0.3) is 0 Å². The van der Waals surface area contributed by atoms with Crippen LogP contribution in [0, 0.1) is 0 Å². The number of hydrogen-bond donors (Lipinski definition) is 0. The van der Waals surface area contributed by atoms with Crippen molar-refractivity contribution in [3.8, 4) is 11.5 Å². The van der Waals surface area contributed by atoms with E-state index in [1.807, 2.05) is 23.1 Å². The molecule has 0 bridgehead atoms. The average Bonchev–Trinajstić information content (AvgIpc) is 3.46. The van der Waals surface area contributed by atoms with Gasteiger partial charge in [-0.1, -0.05) is 12.8 Å². The van der Waals surface area contributed by atoms with Gasteiger partial charge in [0.2, 0.25) is 0 Å². The Labute approximate surface area is 165 Å². The van der Waals surface area contributed by atoms with Gasteiger partial charge in [0.15, 0.2) is 0 Å². The minimum absolute atomic E-state index is 0.00730. The van der Waals surface area contributed by atoms with Crippen LogP contribution in [0.5, 0.6) is 11.5 Å². The number of hydrogen-bond acceptors (Lipinski definition) is 5. The maximum absolute atomic E-state index is 13.3. The highest BCUT2D eigenvalue weighted by Crippen LogP contribution is 2.37. The van der Waals surface area contributed by atoms with Crippen molar-refractivity contribution in [1.29, 1.82) is 0 Å². The third-order valence-corrected chi connectivity index (χ3v) is 5.72. The summed E-state index contributed by atoms with van der Waals surface area (Å²) in [6, 6.07) is 5.98. The Kier molecular flexibility index (Phi) is 5.46. The number of rotatable bonds is 7. The maximum Gasteiger partial charge on any atom is 0.257 e. The van der Waals surface area contributed by atoms with Gasteiger partial charge in [-0.15, -0.1) is 0 Å². The molecule has 2 aromatic rings. The monoisotopic (exact) mass is 381 g/mol. The molecule has 4 rings (SSSR count). The second-order valence-corrected chi connectivity index (χ2v) is 7.65. The summed E-state index contributed by atoms with van der Waals surface area (Å²) in [7, 11) is 3.28. The van der Waals surface area contributed by atoms with Crippen LogP contribution in [0.15, 0.2) is 30.6 Å². The van der Waals surface area contributed by atoms with Gasteiger partial charge in [0.05, 0.1) is 19.8 Å². The van der Waals surface area contributed by atoms with E-state index in [-0.39, 0.29) is 11.9 Å². The molecule has 1 amide bonds. The molecule has 2 aliphatic rings. The summed E-state index contributed by atoms with van der Waals surface area (Å²) < 4.78 is 10.8. The molecule has 6 nitrogen and oxygen atoms in total. The van der Waals surface area contributed by atoms with Gasteiger partial charge >= 0.3 is 0 Å². The van der Waals surface area contributed by atoms with Crippen molar-refractivity contribution < 1.29 is 14.3 Å². The molecule has 1 aromatic carbocycles. The summed E-state index contributed by atoms with van der Waals surface area (Å²) in [5, 5.41) is 0. The third kappa shape index (κ3) is 3.96. The normalized spacial score (nSPS) is 16.8. The van der Waals surface area contributed by atoms with E-state index >= 15 is 0 Å². The lowest BCUT2D eigenvalue weighted by molar-refractivity contribution is 0.0662. The molecule has 0 saturated heterocycles. The fraction of sp³-hybridized carbons (Fsp3) is 0.500. The predicted molar refractivity (Wildman–Crippen MR) is 106 cm³/mol. The number of amides is 1.